The van der Waals surface area contributed by atoms with E-state index in [1.165, 1.54) is 13.2 Å². The number of thiophene rings is 1. The largest absolute Gasteiger partial charge is 0.416 e. The van der Waals surface area contributed by atoms with Crippen LogP contribution < -0.4 is 0 Å². The van der Waals surface area contributed by atoms with Crippen LogP contribution in [0.4, 0.5) is 13.2 Å². The van der Waals surface area contributed by atoms with Gasteiger partial charge in [0.1, 0.15) is 12.4 Å². The van der Waals surface area contributed by atoms with E-state index in [0.717, 1.165) is 29.9 Å². The number of hydrogen-bond donors (Lipinski definition) is 0. The Balaban J connectivity index is 1.54. The van der Waals surface area contributed by atoms with Crippen molar-refractivity contribution in [3.63, 3.8) is 0 Å². The number of piperidine rings is 1. The zero-order valence-corrected chi connectivity index (χ0v) is 17.3. The zero-order chi connectivity index (χ0) is 21.3. The molecule has 0 radical (unpaired) electrons. The van der Waals surface area contributed by atoms with E-state index in [4.69, 9.17) is 4.74 Å². The van der Waals surface area contributed by atoms with E-state index in [1.807, 2.05) is 27.0 Å². The van der Waals surface area contributed by atoms with Gasteiger partial charge in [-0.1, -0.05) is 6.07 Å². The van der Waals surface area contributed by atoms with Gasteiger partial charge in [0.2, 0.25) is 5.91 Å². The third kappa shape index (κ3) is 4.22. The van der Waals surface area contributed by atoms with Crippen molar-refractivity contribution in [2.45, 2.75) is 38.1 Å². The molecule has 0 spiro atoms. The monoisotopic (exact) mass is 437 g/mol. The molecular formula is C21H22F3N3O2S. The van der Waals surface area contributed by atoms with E-state index >= 15 is 0 Å². The summed E-state index contributed by atoms with van der Waals surface area (Å²) in [7, 11) is 1.54. The molecule has 0 atom stereocenters. The number of rotatable bonds is 5. The Kier molecular flexibility index (Phi) is 5.84. The number of ether oxygens (including phenoxy) is 1. The average Bonchev–Trinajstić information content (AvgIpc) is 3.34. The fourth-order valence-corrected chi connectivity index (χ4v) is 4.71. The Morgan fingerprint density at radius 2 is 2.03 bits per heavy atom. The Labute approximate surface area is 176 Å². The highest BCUT2D eigenvalue weighted by atomic mass is 32.1. The summed E-state index contributed by atoms with van der Waals surface area (Å²) in [4.78, 5) is 19.9. The molecule has 0 N–H and O–H groups in total. The molecule has 1 amide bonds. The van der Waals surface area contributed by atoms with E-state index in [0.29, 0.717) is 36.4 Å². The summed E-state index contributed by atoms with van der Waals surface area (Å²) in [5.74, 6) is 0.716. The van der Waals surface area contributed by atoms with Crippen molar-refractivity contribution in [1.82, 2.24) is 14.5 Å². The predicted molar refractivity (Wildman–Crippen MR) is 108 cm³/mol. The molecule has 2 aromatic heterocycles. The lowest BCUT2D eigenvalue weighted by Gasteiger charge is -2.33. The molecule has 0 aliphatic carbocycles. The molecule has 0 bridgehead atoms. The Morgan fingerprint density at radius 3 is 2.67 bits per heavy atom. The number of nitrogens with zero attached hydrogens (tertiary/aromatic N) is 3. The Morgan fingerprint density at radius 1 is 1.27 bits per heavy atom. The van der Waals surface area contributed by atoms with Crippen LogP contribution >= 0.6 is 11.3 Å². The topological polar surface area (TPSA) is 47.4 Å². The SMILES string of the molecule is COCc1nc2cc(C(F)(F)F)ccc2n1C1CCN(C(=O)Cc2cccs2)CC1. The number of hydrogen-bond acceptors (Lipinski definition) is 4. The summed E-state index contributed by atoms with van der Waals surface area (Å²) < 4.78 is 46.5. The number of fused-ring (bicyclic) bond motifs is 1. The van der Waals surface area contributed by atoms with Gasteiger partial charge < -0.3 is 14.2 Å². The summed E-state index contributed by atoms with van der Waals surface area (Å²) in [6, 6.07) is 7.62. The Bertz CT molecular complexity index is 1020. The summed E-state index contributed by atoms with van der Waals surface area (Å²) in [5.41, 5.74) is 0.268. The standard InChI is InChI=1S/C21H22F3N3O2S/c1-29-13-19-25-17-11-14(21(22,23)24)4-5-18(17)27(19)15-6-8-26(9-7-15)20(28)12-16-3-2-10-30-16/h2-5,10-11,15H,6-9,12-13H2,1H3. The van der Waals surface area contributed by atoms with Crippen molar-refractivity contribution in [1.29, 1.82) is 0 Å². The van der Waals surface area contributed by atoms with Crippen LogP contribution in [-0.2, 0) is 28.7 Å². The van der Waals surface area contributed by atoms with Gasteiger partial charge in [-0.05, 0) is 42.5 Å². The minimum absolute atomic E-state index is 0.0580. The van der Waals surface area contributed by atoms with Crippen molar-refractivity contribution in [2.24, 2.45) is 0 Å². The van der Waals surface area contributed by atoms with E-state index in [1.54, 1.807) is 11.3 Å². The maximum atomic E-state index is 13.1. The molecule has 1 aromatic carbocycles. The number of alkyl halides is 3. The fourth-order valence-electron chi connectivity index (χ4n) is 4.01. The van der Waals surface area contributed by atoms with Crippen molar-refractivity contribution in [2.75, 3.05) is 20.2 Å². The smallest absolute Gasteiger partial charge is 0.377 e. The molecule has 160 valence electrons. The quantitative estimate of drug-likeness (QED) is 0.583. The summed E-state index contributed by atoms with van der Waals surface area (Å²) in [5, 5.41) is 1.96. The molecule has 1 aliphatic heterocycles. The number of carbonyl (C=O) groups excluding carboxylic acids is 1. The molecule has 3 aromatic rings. The predicted octanol–water partition coefficient (Wildman–Crippen LogP) is 4.67. The molecule has 3 heterocycles. The number of likely N-dealkylation sites (tertiary alicyclic amines) is 1. The fraction of sp³-hybridized carbons (Fsp3) is 0.429. The van der Waals surface area contributed by atoms with Crippen LogP contribution in [0.25, 0.3) is 11.0 Å². The molecule has 9 heteroatoms. The van der Waals surface area contributed by atoms with Crippen LogP contribution in [0.1, 0.15) is 35.1 Å². The highest BCUT2D eigenvalue weighted by Gasteiger charge is 2.32. The van der Waals surface area contributed by atoms with Gasteiger partial charge in [0.25, 0.3) is 0 Å². The van der Waals surface area contributed by atoms with Crippen LogP contribution in [0.15, 0.2) is 35.7 Å². The minimum Gasteiger partial charge on any atom is -0.377 e. The maximum Gasteiger partial charge on any atom is 0.416 e. The number of methoxy groups -OCH3 is 1. The molecule has 5 nitrogen and oxygen atoms in total. The Hall–Kier alpha value is -2.39. The minimum atomic E-state index is -4.41. The average molecular weight is 437 g/mol. The van der Waals surface area contributed by atoms with Crippen molar-refractivity contribution in [3.8, 4) is 0 Å². The van der Waals surface area contributed by atoms with Crippen molar-refractivity contribution in [3.05, 3.63) is 52.0 Å². The summed E-state index contributed by atoms with van der Waals surface area (Å²) in [6.07, 6.45) is -2.56. The number of imidazole rings is 1. The van der Waals surface area contributed by atoms with Gasteiger partial charge in [0, 0.05) is 31.1 Å². The molecule has 30 heavy (non-hydrogen) atoms. The highest BCUT2D eigenvalue weighted by Crippen LogP contribution is 2.34. The first-order valence-electron chi connectivity index (χ1n) is 9.74. The maximum absolute atomic E-state index is 13.1. The summed E-state index contributed by atoms with van der Waals surface area (Å²) in [6.45, 7) is 1.44. The van der Waals surface area contributed by atoms with Crippen molar-refractivity contribution < 1.29 is 22.7 Å². The lowest BCUT2D eigenvalue weighted by Crippen LogP contribution is -2.40. The normalized spacial score (nSPS) is 15.8. The van der Waals surface area contributed by atoms with Crippen LogP contribution in [0, 0.1) is 0 Å². The third-order valence-corrected chi connectivity index (χ3v) is 6.33. The van der Waals surface area contributed by atoms with Gasteiger partial charge in [-0.3, -0.25) is 4.79 Å². The molecule has 1 aliphatic rings. The van der Waals surface area contributed by atoms with E-state index < -0.39 is 11.7 Å². The van der Waals surface area contributed by atoms with Gasteiger partial charge in [0.15, 0.2) is 0 Å². The molecular weight excluding hydrogens is 415 g/mol. The van der Waals surface area contributed by atoms with E-state index in [2.05, 4.69) is 4.98 Å². The number of aromatic nitrogens is 2. The lowest BCUT2D eigenvalue weighted by atomic mass is 10.0. The zero-order valence-electron chi connectivity index (χ0n) is 16.5. The van der Waals surface area contributed by atoms with Gasteiger partial charge in [0.05, 0.1) is 23.0 Å². The second-order valence-electron chi connectivity index (χ2n) is 7.40. The third-order valence-electron chi connectivity index (χ3n) is 5.45. The van der Waals surface area contributed by atoms with Crippen LogP contribution in [0.3, 0.4) is 0 Å². The second-order valence-corrected chi connectivity index (χ2v) is 8.43. The van der Waals surface area contributed by atoms with Gasteiger partial charge >= 0.3 is 6.18 Å². The number of benzene rings is 1. The van der Waals surface area contributed by atoms with E-state index in [9.17, 15) is 18.0 Å². The second kappa shape index (κ2) is 8.39. The number of carbonyl (C=O) groups is 1. The molecule has 1 saturated heterocycles. The summed E-state index contributed by atoms with van der Waals surface area (Å²) >= 11 is 1.57. The van der Waals surface area contributed by atoms with Gasteiger partial charge in [-0.2, -0.15) is 13.2 Å². The molecule has 1 fully saturated rings. The van der Waals surface area contributed by atoms with E-state index in [-0.39, 0.29) is 18.6 Å². The highest BCUT2D eigenvalue weighted by molar-refractivity contribution is 7.10. The first kappa shape index (κ1) is 20.9. The lowest BCUT2D eigenvalue weighted by molar-refractivity contribution is -0.137. The first-order chi connectivity index (χ1) is 14.4. The first-order valence-corrected chi connectivity index (χ1v) is 10.6. The van der Waals surface area contributed by atoms with Gasteiger partial charge in [-0.25, -0.2) is 4.98 Å². The van der Waals surface area contributed by atoms with Crippen molar-refractivity contribution >= 4 is 28.3 Å². The van der Waals surface area contributed by atoms with Crippen LogP contribution in [-0.4, -0.2) is 40.6 Å². The number of amides is 1. The number of halogens is 3. The van der Waals surface area contributed by atoms with Gasteiger partial charge in [-0.15, -0.1) is 11.3 Å². The van der Waals surface area contributed by atoms with Crippen LogP contribution in [0.5, 0.6) is 0 Å². The molecule has 0 unspecified atom stereocenters. The van der Waals surface area contributed by atoms with Crippen LogP contribution in [0.2, 0.25) is 0 Å². The molecule has 4 rings (SSSR count). The molecule has 0 saturated carbocycles.